The summed E-state index contributed by atoms with van der Waals surface area (Å²) in [6.45, 7) is 0.485. The quantitative estimate of drug-likeness (QED) is 0.483. The molecule has 0 saturated carbocycles. The first kappa shape index (κ1) is 7.33. The summed E-state index contributed by atoms with van der Waals surface area (Å²) < 4.78 is 27.0. The minimum Gasteiger partial charge on any atom is -0.465 e. The topological polar surface area (TPSA) is 26.3 Å². The number of hydrogen-bond donors (Lipinski definition) is 0. The number of ether oxygens (including phenoxy) is 1. The molecule has 8 heavy (non-hydrogen) atoms. The van der Waals surface area contributed by atoms with Crippen molar-refractivity contribution in [1.82, 2.24) is 0 Å². The van der Waals surface area contributed by atoms with Crippen LogP contribution in [-0.4, -0.2) is 19.0 Å². The van der Waals surface area contributed by atoms with Crippen molar-refractivity contribution in [2.75, 3.05) is 7.11 Å². The molecular weight excluding hydrogens is 118 g/mol. The van der Waals surface area contributed by atoms with Crippen LogP contribution in [0.25, 0.3) is 0 Å². The van der Waals surface area contributed by atoms with Gasteiger partial charge in [-0.15, -0.1) is 0 Å². The van der Waals surface area contributed by atoms with Gasteiger partial charge in [-0.25, -0.2) is 4.79 Å². The van der Waals surface area contributed by atoms with E-state index in [1.165, 1.54) is 0 Å². The van der Waals surface area contributed by atoms with E-state index in [0.717, 1.165) is 7.11 Å². The van der Waals surface area contributed by atoms with Crippen LogP contribution in [0.5, 0.6) is 0 Å². The van der Waals surface area contributed by atoms with Crippen molar-refractivity contribution in [1.29, 1.82) is 0 Å². The van der Waals surface area contributed by atoms with Crippen LogP contribution in [0.4, 0.5) is 8.78 Å². The number of carbonyl (C=O) groups excluding carboxylic acids is 1. The normalized spacial score (nSPS) is 11.0. The smallest absolute Gasteiger partial charge is 0.376 e. The van der Waals surface area contributed by atoms with E-state index in [1.54, 1.807) is 0 Å². The molecule has 0 saturated heterocycles. The van der Waals surface area contributed by atoms with Gasteiger partial charge in [-0.3, -0.25) is 0 Å². The Balaban J connectivity index is 3.82. The minimum atomic E-state index is -3.35. The van der Waals surface area contributed by atoms with E-state index >= 15 is 0 Å². The summed E-state index contributed by atoms with van der Waals surface area (Å²) in [7, 11) is 0.916. The Hall–Kier alpha value is -0.670. The summed E-state index contributed by atoms with van der Waals surface area (Å²) in [5.41, 5.74) is 0. The fraction of sp³-hybridized carbons (Fsp3) is 0.750. The van der Waals surface area contributed by atoms with Crippen LogP contribution in [0.15, 0.2) is 0 Å². The van der Waals surface area contributed by atoms with Gasteiger partial charge in [0.2, 0.25) is 0 Å². The van der Waals surface area contributed by atoms with Crippen molar-refractivity contribution in [3.8, 4) is 0 Å². The largest absolute Gasteiger partial charge is 0.465 e. The third-order valence-electron chi connectivity index (χ3n) is 0.544. The van der Waals surface area contributed by atoms with Gasteiger partial charge in [0.15, 0.2) is 0 Å². The van der Waals surface area contributed by atoms with Gasteiger partial charge < -0.3 is 4.74 Å². The molecule has 0 aromatic carbocycles. The highest BCUT2D eigenvalue weighted by molar-refractivity contribution is 5.76. The Kier molecular flexibility index (Phi) is 1.89. The Bertz CT molecular complexity index is 94.7. The summed E-state index contributed by atoms with van der Waals surface area (Å²) >= 11 is 0. The SMILES string of the molecule is COC(=O)C(C)(F)F. The molecule has 0 aliphatic carbocycles. The van der Waals surface area contributed by atoms with E-state index in [9.17, 15) is 13.6 Å². The van der Waals surface area contributed by atoms with Gasteiger partial charge in [0.1, 0.15) is 0 Å². The maximum absolute atomic E-state index is 11.6. The minimum absolute atomic E-state index is 0.485. The van der Waals surface area contributed by atoms with E-state index in [-0.39, 0.29) is 0 Å². The first-order valence-electron chi connectivity index (χ1n) is 1.94. The number of carbonyl (C=O) groups is 1. The summed E-state index contributed by atoms with van der Waals surface area (Å²) in [6.07, 6.45) is 0. The van der Waals surface area contributed by atoms with Crippen LogP contribution >= 0.6 is 0 Å². The van der Waals surface area contributed by atoms with Crippen LogP contribution in [0.1, 0.15) is 6.92 Å². The summed E-state index contributed by atoms with van der Waals surface area (Å²) in [5.74, 6) is -4.85. The summed E-state index contributed by atoms with van der Waals surface area (Å²) in [4.78, 5) is 9.86. The molecule has 0 radical (unpaired) electrons. The average molecular weight is 124 g/mol. The van der Waals surface area contributed by atoms with Crippen LogP contribution < -0.4 is 0 Å². The van der Waals surface area contributed by atoms with Crippen molar-refractivity contribution in [2.24, 2.45) is 0 Å². The van der Waals surface area contributed by atoms with Crippen LogP contribution in [0.3, 0.4) is 0 Å². The molecule has 0 bridgehead atoms. The summed E-state index contributed by atoms with van der Waals surface area (Å²) in [5, 5.41) is 0. The van der Waals surface area contributed by atoms with Gasteiger partial charge in [0.05, 0.1) is 7.11 Å². The molecule has 2 nitrogen and oxygen atoms in total. The zero-order valence-electron chi connectivity index (χ0n) is 4.57. The third kappa shape index (κ3) is 1.86. The highest BCUT2D eigenvalue weighted by Gasteiger charge is 2.33. The molecule has 4 heteroatoms. The number of esters is 1. The monoisotopic (exact) mass is 124 g/mol. The Labute approximate surface area is 45.4 Å². The lowest BCUT2D eigenvalue weighted by molar-refractivity contribution is -0.165. The lowest BCUT2D eigenvalue weighted by Crippen LogP contribution is -2.25. The van der Waals surface area contributed by atoms with Crippen LogP contribution in [0.2, 0.25) is 0 Å². The fourth-order valence-corrected chi connectivity index (χ4v) is 0.179. The highest BCUT2D eigenvalue weighted by atomic mass is 19.3. The predicted octanol–water partition coefficient (Wildman–Crippen LogP) is 0.815. The molecule has 0 unspecified atom stereocenters. The molecule has 0 aliphatic rings. The van der Waals surface area contributed by atoms with Gasteiger partial charge in [-0.1, -0.05) is 0 Å². The third-order valence-corrected chi connectivity index (χ3v) is 0.544. The Morgan fingerprint density at radius 3 is 2.00 bits per heavy atom. The van der Waals surface area contributed by atoms with Crippen LogP contribution in [-0.2, 0) is 9.53 Å². The first-order valence-corrected chi connectivity index (χ1v) is 1.94. The van der Waals surface area contributed by atoms with Crippen LogP contribution in [0, 0.1) is 0 Å². The molecule has 0 amide bonds. The molecule has 0 spiro atoms. The number of alkyl halides is 2. The van der Waals surface area contributed by atoms with Crippen molar-refractivity contribution in [3.63, 3.8) is 0 Å². The molecule has 0 heterocycles. The highest BCUT2D eigenvalue weighted by Crippen LogP contribution is 2.11. The zero-order valence-corrected chi connectivity index (χ0v) is 4.57. The zero-order chi connectivity index (χ0) is 6.78. The standard InChI is InChI=1S/C4H6F2O2/c1-4(5,6)3(7)8-2/h1-2H3. The lowest BCUT2D eigenvalue weighted by atomic mass is 10.4. The number of hydrogen-bond acceptors (Lipinski definition) is 2. The first-order chi connectivity index (χ1) is 3.48. The average Bonchev–Trinajstić information content (AvgIpc) is 1.62. The molecule has 0 N–H and O–H groups in total. The van der Waals surface area contributed by atoms with Crippen molar-refractivity contribution in [2.45, 2.75) is 12.8 Å². The van der Waals surface area contributed by atoms with Crippen molar-refractivity contribution >= 4 is 5.97 Å². The molecule has 0 fully saturated rings. The van der Waals surface area contributed by atoms with Crippen molar-refractivity contribution < 1.29 is 18.3 Å². The van der Waals surface area contributed by atoms with Gasteiger partial charge in [0, 0.05) is 6.92 Å². The molecule has 48 valence electrons. The Morgan fingerprint density at radius 1 is 1.62 bits per heavy atom. The molecule has 0 rings (SSSR count). The lowest BCUT2D eigenvalue weighted by Gasteiger charge is -2.04. The van der Waals surface area contributed by atoms with E-state index in [1.807, 2.05) is 0 Å². The van der Waals surface area contributed by atoms with E-state index in [4.69, 9.17) is 0 Å². The Morgan fingerprint density at radius 2 is 2.00 bits per heavy atom. The van der Waals surface area contributed by atoms with Gasteiger partial charge in [-0.05, 0) is 0 Å². The molecule has 0 aromatic heterocycles. The van der Waals surface area contributed by atoms with Gasteiger partial charge >= 0.3 is 11.9 Å². The van der Waals surface area contributed by atoms with E-state index in [0.29, 0.717) is 6.92 Å². The molecule has 0 aromatic rings. The van der Waals surface area contributed by atoms with Crippen molar-refractivity contribution in [3.05, 3.63) is 0 Å². The second-order valence-corrected chi connectivity index (χ2v) is 1.38. The van der Waals surface area contributed by atoms with E-state index < -0.39 is 11.9 Å². The molecular formula is C4H6F2O2. The van der Waals surface area contributed by atoms with E-state index in [2.05, 4.69) is 4.74 Å². The second kappa shape index (κ2) is 2.07. The second-order valence-electron chi connectivity index (χ2n) is 1.38. The van der Waals surface area contributed by atoms with Gasteiger partial charge in [0.25, 0.3) is 0 Å². The van der Waals surface area contributed by atoms with Gasteiger partial charge in [-0.2, -0.15) is 8.78 Å². The summed E-state index contributed by atoms with van der Waals surface area (Å²) in [6, 6.07) is 0. The number of halogens is 2. The predicted molar refractivity (Wildman–Crippen MR) is 22.6 cm³/mol. The maximum atomic E-state index is 11.6. The molecule has 0 atom stereocenters. The number of methoxy groups -OCH3 is 1. The number of rotatable bonds is 1. The fourth-order valence-electron chi connectivity index (χ4n) is 0.179. The molecule has 0 aliphatic heterocycles. The maximum Gasteiger partial charge on any atom is 0.376 e.